The number of rotatable bonds is 1. The maximum atomic E-state index is 11.7. The van der Waals surface area contributed by atoms with Gasteiger partial charge in [0.15, 0.2) is 0 Å². The van der Waals surface area contributed by atoms with E-state index >= 15 is 0 Å². The summed E-state index contributed by atoms with van der Waals surface area (Å²) in [5, 5.41) is 0. The first-order chi connectivity index (χ1) is 8.04. The fourth-order valence-electron chi connectivity index (χ4n) is 3.07. The summed E-state index contributed by atoms with van der Waals surface area (Å²) in [6.45, 7) is 1.44. The molecule has 0 radical (unpaired) electrons. The maximum Gasteiger partial charge on any atom is 0.328 e. The van der Waals surface area contributed by atoms with E-state index in [2.05, 4.69) is 0 Å². The molecule has 2 fully saturated rings. The highest BCUT2D eigenvalue weighted by Crippen LogP contribution is 2.38. The third kappa shape index (κ3) is 2.06. The number of likely N-dealkylation sites (tertiary alicyclic amines) is 1. The van der Waals surface area contributed by atoms with Gasteiger partial charge in [-0.05, 0) is 18.8 Å². The first-order valence-electron chi connectivity index (χ1n) is 5.93. The Hall–Kier alpha value is -1.39. The smallest absolute Gasteiger partial charge is 0.328 e. The minimum atomic E-state index is -0.501. The molecule has 0 bridgehead atoms. The number of hydrogen-bond donors (Lipinski definition) is 0. The van der Waals surface area contributed by atoms with E-state index in [0.29, 0.717) is 19.3 Å². The van der Waals surface area contributed by atoms with Crippen LogP contribution in [0.15, 0.2) is 0 Å². The third-order valence-corrected chi connectivity index (χ3v) is 3.83. The number of methoxy groups -OCH3 is 1. The van der Waals surface area contributed by atoms with Crippen molar-refractivity contribution < 1.29 is 19.1 Å². The van der Waals surface area contributed by atoms with Crippen LogP contribution in [0.2, 0.25) is 0 Å². The predicted molar refractivity (Wildman–Crippen MR) is 59.1 cm³/mol. The predicted octanol–water partition coefficient (Wildman–Crippen LogP) is 0.518. The van der Waals surface area contributed by atoms with Crippen molar-refractivity contribution in [3.8, 4) is 0 Å². The Morgan fingerprint density at radius 3 is 2.71 bits per heavy atom. The Balaban J connectivity index is 2.23. The molecule has 94 valence electrons. The molecule has 2 rings (SSSR count). The number of fused-ring (bicyclic) bond motifs is 1. The molecule has 0 aromatic carbocycles. The fraction of sp³-hybridized carbons (Fsp3) is 0.750. The van der Waals surface area contributed by atoms with E-state index < -0.39 is 6.04 Å². The second-order valence-corrected chi connectivity index (χ2v) is 4.81. The average Bonchev–Trinajstić information content (AvgIpc) is 2.66. The zero-order chi connectivity index (χ0) is 12.6. The van der Waals surface area contributed by atoms with Crippen LogP contribution in [0.3, 0.4) is 0 Å². The van der Waals surface area contributed by atoms with Gasteiger partial charge in [0.2, 0.25) is 5.91 Å². The van der Waals surface area contributed by atoms with Crippen LogP contribution in [0.25, 0.3) is 0 Å². The molecule has 1 saturated carbocycles. The van der Waals surface area contributed by atoms with Crippen LogP contribution in [0.4, 0.5) is 0 Å². The monoisotopic (exact) mass is 239 g/mol. The summed E-state index contributed by atoms with van der Waals surface area (Å²) in [6, 6.07) is -0.601. The van der Waals surface area contributed by atoms with Crippen molar-refractivity contribution in [2.24, 2.45) is 5.92 Å². The van der Waals surface area contributed by atoms with E-state index in [1.54, 1.807) is 4.90 Å². The van der Waals surface area contributed by atoms with E-state index in [1.807, 2.05) is 0 Å². The summed E-state index contributed by atoms with van der Waals surface area (Å²) in [6.07, 6.45) is 2.36. The molecule has 5 heteroatoms. The largest absolute Gasteiger partial charge is 0.467 e. The topological polar surface area (TPSA) is 63.7 Å². The van der Waals surface area contributed by atoms with E-state index in [-0.39, 0.29) is 29.6 Å². The van der Waals surface area contributed by atoms with Crippen LogP contribution in [-0.2, 0) is 19.1 Å². The molecular weight excluding hydrogens is 222 g/mol. The number of ketones is 1. The molecule has 0 aromatic rings. The lowest BCUT2D eigenvalue weighted by molar-refractivity contribution is -0.152. The van der Waals surface area contributed by atoms with Crippen LogP contribution < -0.4 is 0 Å². The lowest BCUT2D eigenvalue weighted by atomic mass is 9.84. The summed E-state index contributed by atoms with van der Waals surface area (Å²) in [5.74, 6) is -0.0756. The summed E-state index contributed by atoms with van der Waals surface area (Å²) in [5.41, 5.74) is 0. The molecule has 1 aliphatic heterocycles. The van der Waals surface area contributed by atoms with Gasteiger partial charge >= 0.3 is 5.97 Å². The molecule has 17 heavy (non-hydrogen) atoms. The fourth-order valence-corrected chi connectivity index (χ4v) is 3.07. The molecule has 0 unspecified atom stereocenters. The van der Waals surface area contributed by atoms with Gasteiger partial charge in [0, 0.05) is 25.8 Å². The number of ether oxygens (including phenoxy) is 1. The van der Waals surface area contributed by atoms with Crippen LogP contribution in [0.1, 0.15) is 32.6 Å². The van der Waals surface area contributed by atoms with Crippen molar-refractivity contribution in [2.75, 3.05) is 7.11 Å². The van der Waals surface area contributed by atoms with Gasteiger partial charge in [-0.25, -0.2) is 4.79 Å². The number of esters is 1. The van der Waals surface area contributed by atoms with E-state index in [1.165, 1.54) is 14.0 Å². The SMILES string of the molecule is COC(=O)[C@@H]1C[C@H]2CCC(=O)C[C@H]2N1C(C)=O. The highest BCUT2D eigenvalue weighted by molar-refractivity contribution is 5.86. The number of hydrogen-bond acceptors (Lipinski definition) is 4. The molecule has 5 nitrogen and oxygen atoms in total. The van der Waals surface area contributed by atoms with E-state index in [0.717, 1.165) is 6.42 Å². The number of amides is 1. The van der Waals surface area contributed by atoms with Gasteiger partial charge in [0.05, 0.1) is 7.11 Å². The highest BCUT2D eigenvalue weighted by atomic mass is 16.5. The van der Waals surface area contributed by atoms with Gasteiger partial charge in [-0.1, -0.05) is 0 Å². The molecule has 3 atom stereocenters. The minimum absolute atomic E-state index is 0.0992. The van der Waals surface area contributed by atoms with Crippen molar-refractivity contribution in [3.05, 3.63) is 0 Å². The van der Waals surface area contributed by atoms with Gasteiger partial charge < -0.3 is 9.64 Å². The lowest BCUT2D eigenvalue weighted by Gasteiger charge is -2.31. The lowest BCUT2D eigenvalue weighted by Crippen LogP contribution is -2.46. The summed E-state index contributed by atoms with van der Waals surface area (Å²) in [4.78, 5) is 36.3. The summed E-state index contributed by atoms with van der Waals surface area (Å²) >= 11 is 0. The molecule has 1 heterocycles. The van der Waals surface area contributed by atoms with Crippen molar-refractivity contribution in [2.45, 2.75) is 44.7 Å². The van der Waals surface area contributed by atoms with Crippen molar-refractivity contribution in [1.82, 2.24) is 4.90 Å². The number of carbonyl (C=O) groups excluding carboxylic acids is 3. The van der Waals surface area contributed by atoms with E-state index in [4.69, 9.17) is 4.74 Å². The Labute approximate surface area is 100 Å². The van der Waals surface area contributed by atoms with Gasteiger partial charge in [-0.15, -0.1) is 0 Å². The highest BCUT2D eigenvalue weighted by Gasteiger charge is 2.48. The van der Waals surface area contributed by atoms with E-state index in [9.17, 15) is 14.4 Å². The van der Waals surface area contributed by atoms with Crippen molar-refractivity contribution >= 4 is 17.7 Å². The van der Waals surface area contributed by atoms with Crippen LogP contribution in [0, 0.1) is 5.92 Å². The molecule has 1 saturated heterocycles. The molecule has 0 spiro atoms. The molecule has 1 amide bonds. The quantitative estimate of drug-likeness (QED) is 0.626. The second kappa shape index (κ2) is 4.47. The number of nitrogens with zero attached hydrogens (tertiary/aromatic N) is 1. The van der Waals surface area contributed by atoms with Crippen LogP contribution in [-0.4, -0.2) is 41.8 Å². The van der Waals surface area contributed by atoms with Gasteiger partial charge in [-0.2, -0.15) is 0 Å². The number of Topliss-reactive ketones (excluding diaryl/α,β-unsaturated/α-hetero) is 1. The Kier molecular flexibility index (Phi) is 3.17. The first-order valence-corrected chi connectivity index (χ1v) is 5.93. The average molecular weight is 239 g/mol. The standard InChI is InChI=1S/C12H17NO4/c1-7(14)13-10-6-9(15)4-3-8(10)5-11(13)12(16)17-2/h8,10-11H,3-6H2,1-2H3/t8-,10-,11+/m1/s1. The van der Waals surface area contributed by atoms with Crippen LogP contribution >= 0.6 is 0 Å². The summed E-state index contributed by atoms with van der Waals surface area (Å²) < 4.78 is 4.73. The van der Waals surface area contributed by atoms with Gasteiger partial charge in [0.25, 0.3) is 0 Å². The first kappa shape index (κ1) is 12.1. The van der Waals surface area contributed by atoms with Crippen LogP contribution in [0.5, 0.6) is 0 Å². The molecule has 1 aliphatic carbocycles. The Morgan fingerprint density at radius 2 is 2.12 bits per heavy atom. The molecule has 0 N–H and O–H groups in total. The van der Waals surface area contributed by atoms with Gasteiger partial charge in [0.1, 0.15) is 11.8 Å². The zero-order valence-corrected chi connectivity index (χ0v) is 10.1. The van der Waals surface area contributed by atoms with Crippen molar-refractivity contribution in [3.63, 3.8) is 0 Å². The normalized spacial score (nSPS) is 32.2. The van der Waals surface area contributed by atoms with Gasteiger partial charge in [-0.3, -0.25) is 9.59 Å². The maximum absolute atomic E-state index is 11.7. The molecular formula is C12H17NO4. The Morgan fingerprint density at radius 1 is 1.41 bits per heavy atom. The number of carbonyl (C=O) groups is 3. The molecule has 0 aromatic heterocycles. The minimum Gasteiger partial charge on any atom is -0.467 e. The Bertz CT molecular complexity index is 366. The van der Waals surface area contributed by atoms with Crippen molar-refractivity contribution in [1.29, 1.82) is 0 Å². The third-order valence-electron chi connectivity index (χ3n) is 3.83. The second-order valence-electron chi connectivity index (χ2n) is 4.81. The zero-order valence-electron chi connectivity index (χ0n) is 10.1. The summed E-state index contributed by atoms with van der Waals surface area (Å²) in [7, 11) is 1.33. The molecule has 2 aliphatic rings.